The molecule has 6 heteroatoms. The quantitative estimate of drug-likeness (QED) is 0.692. The summed E-state index contributed by atoms with van der Waals surface area (Å²) in [6, 6.07) is 9.02. The van der Waals surface area contributed by atoms with E-state index in [1.54, 1.807) is 0 Å². The average Bonchev–Trinajstić information content (AvgIpc) is 3.25. The molecule has 1 atom stereocenters. The third-order valence-corrected chi connectivity index (χ3v) is 6.82. The Hall–Kier alpha value is -2.31. The van der Waals surface area contributed by atoms with Gasteiger partial charge in [0, 0.05) is 49.0 Å². The van der Waals surface area contributed by atoms with Gasteiger partial charge in [-0.15, -0.1) is 0 Å². The van der Waals surface area contributed by atoms with Crippen molar-refractivity contribution in [3.8, 4) is 0 Å². The Morgan fingerprint density at radius 3 is 2.34 bits per heavy atom. The van der Waals surface area contributed by atoms with E-state index in [4.69, 9.17) is 14.7 Å². The van der Waals surface area contributed by atoms with Gasteiger partial charge in [0.25, 0.3) is 0 Å². The molecule has 1 aromatic heterocycles. The molecule has 32 heavy (non-hydrogen) atoms. The lowest BCUT2D eigenvalue weighted by Crippen LogP contribution is -2.41. The highest BCUT2D eigenvalue weighted by molar-refractivity contribution is 5.79. The van der Waals surface area contributed by atoms with E-state index in [2.05, 4.69) is 43.0 Å². The van der Waals surface area contributed by atoms with Crippen molar-refractivity contribution in [2.75, 3.05) is 39.4 Å². The lowest BCUT2D eigenvalue weighted by atomic mass is 10.0. The molecule has 6 nitrogen and oxygen atoms in total. The molecular formula is C26H36N4O2. The number of morpholine rings is 1. The minimum atomic E-state index is 0.145. The third kappa shape index (κ3) is 5.36. The Morgan fingerprint density at radius 1 is 1.06 bits per heavy atom. The van der Waals surface area contributed by atoms with Gasteiger partial charge in [-0.2, -0.15) is 0 Å². The van der Waals surface area contributed by atoms with E-state index in [0.717, 1.165) is 48.8 Å². The molecule has 1 aromatic carbocycles. The van der Waals surface area contributed by atoms with E-state index in [0.29, 0.717) is 44.6 Å². The molecule has 1 amide bonds. The van der Waals surface area contributed by atoms with E-state index in [9.17, 15) is 4.79 Å². The molecule has 0 radical (unpaired) electrons. The van der Waals surface area contributed by atoms with E-state index in [1.807, 2.05) is 18.7 Å². The number of benzene rings is 1. The first-order valence-electron chi connectivity index (χ1n) is 11.9. The van der Waals surface area contributed by atoms with Crippen molar-refractivity contribution < 1.29 is 9.53 Å². The average molecular weight is 437 g/mol. The van der Waals surface area contributed by atoms with Gasteiger partial charge in [-0.25, -0.2) is 9.97 Å². The van der Waals surface area contributed by atoms with Crippen LogP contribution in [0.2, 0.25) is 0 Å². The molecule has 0 spiro atoms. The predicted molar refractivity (Wildman–Crippen MR) is 126 cm³/mol. The molecule has 0 unspecified atom stereocenters. The number of hydrogen-bond acceptors (Lipinski definition) is 5. The number of ether oxygens (including phenoxy) is 1. The van der Waals surface area contributed by atoms with Gasteiger partial charge < -0.3 is 9.64 Å². The number of aryl methyl sites for hydroxylation is 2. The van der Waals surface area contributed by atoms with Gasteiger partial charge in [0.05, 0.1) is 19.6 Å². The van der Waals surface area contributed by atoms with Crippen LogP contribution in [0, 0.1) is 13.8 Å². The van der Waals surface area contributed by atoms with E-state index in [1.165, 1.54) is 11.1 Å². The molecule has 2 fully saturated rings. The fourth-order valence-electron chi connectivity index (χ4n) is 4.73. The van der Waals surface area contributed by atoms with Crippen LogP contribution < -0.4 is 0 Å². The fraction of sp³-hybridized carbons (Fsp3) is 0.577. The molecule has 2 saturated heterocycles. The fourth-order valence-corrected chi connectivity index (χ4v) is 4.73. The Balaban J connectivity index is 1.38. The van der Waals surface area contributed by atoms with Crippen LogP contribution in [0.5, 0.6) is 0 Å². The first-order chi connectivity index (χ1) is 15.4. The summed E-state index contributed by atoms with van der Waals surface area (Å²) in [5.41, 5.74) is 5.61. The van der Waals surface area contributed by atoms with Crippen LogP contribution in [-0.2, 0) is 22.5 Å². The van der Waals surface area contributed by atoms with Crippen molar-refractivity contribution in [2.45, 2.75) is 58.9 Å². The first kappa shape index (κ1) is 22.9. The van der Waals surface area contributed by atoms with Crippen LogP contribution in [-0.4, -0.2) is 65.1 Å². The summed E-state index contributed by atoms with van der Waals surface area (Å²) >= 11 is 0. The van der Waals surface area contributed by atoms with Gasteiger partial charge in [0.15, 0.2) is 0 Å². The van der Waals surface area contributed by atoms with Crippen LogP contribution in [0.1, 0.15) is 66.0 Å². The summed E-state index contributed by atoms with van der Waals surface area (Å²) in [5.74, 6) is 1.99. The molecule has 0 bridgehead atoms. The molecule has 2 aliphatic rings. The Morgan fingerprint density at radius 2 is 1.72 bits per heavy atom. The summed E-state index contributed by atoms with van der Waals surface area (Å²) in [7, 11) is 0. The Kier molecular flexibility index (Phi) is 7.21. The second kappa shape index (κ2) is 10.1. The van der Waals surface area contributed by atoms with Crippen molar-refractivity contribution in [3.05, 3.63) is 58.2 Å². The third-order valence-electron chi connectivity index (χ3n) is 6.82. The maximum Gasteiger partial charge on any atom is 0.227 e. The van der Waals surface area contributed by atoms with E-state index < -0.39 is 0 Å². The van der Waals surface area contributed by atoms with Gasteiger partial charge in [-0.1, -0.05) is 38.1 Å². The SMILES string of the molecule is Cc1nc([C@H]2CCN(Cc3ccc(C(C)C)cc3)C2)nc(C)c1CC(=O)N1CCOCC1. The van der Waals surface area contributed by atoms with Crippen molar-refractivity contribution >= 4 is 5.91 Å². The van der Waals surface area contributed by atoms with Crippen LogP contribution in [0.4, 0.5) is 0 Å². The van der Waals surface area contributed by atoms with Gasteiger partial charge in [-0.05, 0) is 43.9 Å². The van der Waals surface area contributed by atoms with Crippen molar-refractivity contribution in [1.82, 2.24) is 19.8 Å². The van der Waals surface area contributed by atoms with Gasteiger partial charge >= 0.3 is 0 Å². The number of carbonyl (C=O) groups excluding carboxylic acids is 1. The van der Waals surface area contributed by atoms with Crippen molar-refractivity contribution in [1.29, 1.82) is 0 Å². The topological polar surface area (TPSA) is 58.6 Å². The number of hydrogen-bond donors (Lipinski definition) is 0. The summed E-state index contributed by atoms with van der Waals surface area (Å²) in [4.78, 5) is 26.8. The largest absolute Gasteiger partial charge is 0.378 e. The maximum atomic E-state index is 12.7. The lowest BCUT2D eigenvalue weighted by molar-refractivity contribution is -0.134. The zero-order valence-corrected chi connectivity index (χ0v) is 19.9. The first-order valence-corrected chi connectivity index (χ1v) is 11.9. The van der Waals surface area contributed by atoms with Crippen LogP contribution >= 0.6 is 0 Å². The number of aromatic nitrogens is 2. The van der Waals surface area contributed by atoms with Crippen LogP contribution in [0.25, 0.3) is 0 Å². The standard InChI is InChI=1S/C26H36N4O2/c1-18(2)22-7-5-21(6-8-22)16-29-10-9-23(17-29)26-27-19(3)24(20(4)28-26)15-25(31)30-11-13-32-14-12-30/h5-8,18,23H,9-17H2,1-4H3/t23-/m0/s1. The highest BCUT2D eigenvalue weighted by Crippen LogP contribution is 2.28. The summed E-state index contributed by atoms with van der Waals surface area (Å²) in [6.07, 6.45) is 1.45. The van der Waals surface area contributed by atoms with E-state index in [-0.39, 0.29) is 5.91 Å². The second-order valence-electron chi connectivity index (χ2n) is 9.52. The van der Waals surface area contributed by atoms with Gasteiger partial charge in [0.2, 0.25) is 5.91 Å². The molecule has 4 rings (SSSR count). The van der Waals surface area contributed by atoms with E-state index >= 15 is 0 Å². The van der Waals surface area contributed by atoms with Crippen molar-refractivity contribution in [2.24, 2.45) is 0 Å². The van der Waals surface area contributed by atoms with Crippen molar-refractivity contribution in [3.63, 3.8) is 0 Å². The summed E-state index contributed by atoms with van der Waals surface area (Å²) in [6.45, 7) is 14.1. The van der Waals surface area contributed by atoms with Gasteiger partial charge in [-0.3, -0.25) is 9.69 Å². The maximum absolute atomic E-state index is 12.7. The van der Waals surface area contributed by atoms with Crippen LogP contribution in [0.3, 0.4) is 0 Å². The minimum absolute atomic E-state index is 0.145. The molecule has 2 aromatic rings. The zero-order chi connectivity index (χ0) is 22.7. The molecule has 0 aliphatic carbocycles. The second-order valence-corrected chi connectivity index (χ2v) is 9.52. The molecule has 172 valence electrons. The molecule has 0 N–H and O–H groups in total. The molecule has 0 saturated carbocycles. The number of likely N-dealkylation sites (tertiary alicyclic amines) is 1. The number of rotatable bonds is 6. The number of carbonyl (C=O) groups is 1. The Bertz CT molecular complexity index is 912. The molecule has 2 aliphatic heterocycles. The minimum Gasteiger partial charge on any atom is -0.378 e. The normalized spacial score (nSPS) is 19.7. The number of nitrogens with zero attached hydrogens (tertiary/aromatic N) is 4. The monoisotopic (exact) mass is 436 g/mol. The summed E-state index contributed by atoms with van der Waals surface area (Å²) in [5, 5.41) is 0. The molecule has 3 heterocycles. The molecular weight excluding hydrogens is 400 g/mol. The lowest BCUT2D eigenvalue weighted by Gasteiger charge is -2.27. The highest BCUT2D eigenvalue weighted by atomic mass is 16.5. The van der Waals surface area contributed by atoms with Gasteiger partial charge in [0.1, 0.15) is 5.82 Å². The smallest absolute Gasteiger partial charge is 0.227 e. The highest BCUT2D eigenvalue weighted by Gasteiger charge is 2.27. The summed E-state index contributed by atoms with van der Waals surface area (Å²) < 4.78 is 5.36. The zero-order valence-electron chi connectivity index (χ0n) is 19.9. The predicted octanol–water partition coefficient (Wildman–Crippen LogP) is 3.61. The van der Waals surface area contributed by atoms with Crippen LogP contribution in [0.15, 0.2) is 24.3 Å². The Labute approximate surface area is 192 Å². The number of amides is 1.